The van der Waals surface area contributed by atoms with Crippen LogP contribution in [0.1, 0.15) is 11.3 Å². The normalized spacial score (nSPS) is 13.4. The molecule has 0 fully saturated rings. The van der Waals surface area contributed by atoms with E-state index >= 15 is 0 Å². The molecule has 0 saturated carbocycles. The number of rotatable bonds is 1. The van der Waals surface area contributed by atoms with Crippen LogP contribution < -0.4 is 10.2 Å². The van der Waals surface area contributed by atoms with Gasteiger partial charge in [-0.25, -0.2) is 9.97 Å². The predicted molar refractivity (Wildman–Crippen MR) is 54.2 cm³/mol. The molecule has 2 heterocycles. The van der Waals surface area contributed by atoms with Crippen molar-refractivity contribution < 1.29 is 0 Å². The van der Waals surface area contributed by atoms with Gasteiger partial charge in [0, 0.05) is 32.7 Å². The molecule has 0 unspecified atom stereocenters. The van der Waals surface area contributed by atoms with Gasteiger partial charge in [0.25, 0.3) is 0 Å². The smallest absolute Gasteiger partial charge is 0.136 e. The number of nitrogens with one attached hydrogen (secondary N) is 1. The summed E-state index contributed by atoms with van der Waals surface area (Å²) in [6, 6.07) is 0. The molecule has 1 aromatic rings. The molecule has 0 bridgehead atoms. The quantitative estimate of drug-likeness (QED) is 0.720. The molecule has 4 nitrogen and oxygen atoms in total. The Balaban J connectivity index is 0.000000845. The summed E-state index contributed by atoms with van der Waals surface area (Å²) in [7, 11) is 4.00. The Hall–Kier alpha value is -0.870. The SMILES string of the molecule is CN(C)c1ncnc2c1CNC2.Cl. The summed E-state index contributed by atoms with van der Waals surface area (Å²) in [6.07, 6.45) is 1.63. The molecule has 0 radical (unpaired) electrons. The first-order valence-electron chi connectivity index (χ1n) is 4.00. The molecular formula is C8H13ClN4. The number of anilines is 1. The highest BCUT2D eigenvalue weighted by atomic mass is 35.5. The van der Waals surface area contributed by atoms with Crippen LogP contribution in [0.3, 0.4) is 0 Å². The molecule has 72 valence electrons. The lowest BCUT2D eigenvalue weighted by atomic mass is 10.2. The standard InChI is InChI=1S/C8H12N4.ClH/c1-12(2)8-6-3-9-4-7(6)10-5-11-8;/h5,9H,3-4H2,1-2H3;1H. The van der Waals surface area contributed by atoms with Gasteiger partial charge in [-0.15, -0.1) is 12.4 Å². The van der Waals surface area contributed by atoms with E-state index in [1.807, 2.05) is 19.0 Å². The van der Waals surface area contributed by atoms with Crippen molar-refractivity contribution in [2.45, 2.75) is 13.1 Å². The zero-order valence-electron chi connectivity index (χ0n) is 7.74. The minimum atomic E-state index is 0. The van der Waals surface area contributed by atoms with Crippen molar-refractivity contribution in [3.63, 3.8) is 0 Å². The van der Waals surface area contributed by atoms with E-state index in [0.29, 0.717) is 0 Å². The number of aromatic nitrogens is 2. The van der Waals surface area contributed by atoms with Crippen LogP contribution in [-0.2, 0) is 13.1 Å². The molecule has 1 aliphatic heterocycles. The van der Waals surface area contributed by atoms with Crippen molar-refractivity contribution in [2.75, 3.05) is 19.0 Å². The lowest BCUT2D eigenvalue weighted by Crippen LogP contribution is -2.14. The van der Waals surface area contributed by atoms with E-state index in [4.69, 9.17) is 0 Å². The first kappa shape index (κ1) is 10.2. The van der Waals surface area contributed by atoms with Gasteiger partial charge in [0.1, 0.15) is 12.1 Å². The van der Waals surface area contributed by atoms with Crippen LogP contribution in [0.4, 0.5) is 5.82 Å². The van der Waals surface area contributed by atoms with Crippen molar-refractivity contribution in [3.05, 3.63) is 17.6 Å². The second-order valence-corrected chi connectivity index (χ2v) is 3.12. The third kappa shape index (κ3) is 1.73. The number of nitrogens with zero attached hydrogens (tertiary/aromatic N) is 3. The summed E-state index contributed by atoms with van der Waals surface area (Å²) in [5.74, 6) is 1.03. The maximum atomic E-state index is 4.22. The Morgan fingerprint density at radius 2 is 2.08 bits per heavy atom. The van der Waals surface area contributed by atoms with Crippen LogP contribution in [0.25, 0.3) is 0 Å². The predicted octanol–water partition coefficient (Wildman–Crippen LogP) is 0.568. The van der Waals surface area contributed by atoms with Gasteiger partial charge in [-0.05, 0) is 0 Å². The Morgan fingerprint density at radius 3 is 2.77 bits per heavy atom. The molecule has 0 aliphatic carbocycles. The van der Waals surface area contributed by atoms with E-state index in [-0.39, 0.29) is 12.4 Å². The molecule has 1 aromatic heterocycles. The van der Waals surface area contributed by atoms with Gasteiger partial charge in [-0.3, -0.25) is 0 Å². The van der Waals surface area contributed by atoms with Gasteiger partial charge in [-0.1, -0.05) is 0 Å². The van der Waals surface area contributed by atoms with E-state index in [2.05, 4.69) is 15.3 Å². The summed E-state index contributed by atoms with van der Waals surface area (Å²) in [6.45, 7) is 1.77. The summed E-state index contributed by atoms with van der Waals surface area (Å²) in [4.78, 5) is 10.4. The molecule has 1 aliphatic rings. The Labute approximate surface area is 83.8 Å². The van der Waals surface area contributed by atoms with Gasteiger partial charge >= 0.3 is 0 Å². The van der Waals surface area contributed by atoms with E-state index < -0.39 is 0 Å². The van der Waals surface area contributed by atoms with E-state index in [1.165, 1.54) is 5.56 Å². The summed E-state index contributed by atoms with van der Waals surface area (Å²) < 4.78 is 0. The fraction of sp³-hybridized carbons (Fsp3) is 0.500. The van der Waals surface area contributed by atoms with Crippen LogP contribution in [0, 0.1) is 0 Å². The van der Waals surface area contributed by atoms with Gasteiger partial charge in [-0.2, -0.15) is 0 Å². The zero-order valence-corrected chi connectivity index (χ0v) is 8.56. The molecule has 0 amide bonds. The van der Waals surface area contributed by atoms with Crippen LogP contribution >= 0.6 is 12.4 Å². The molecule has 1 N–H and O–H groups in total. The number of hydrogen-bond acceptors (Lipinski definition) is 4. The highest BCUT2D eigenvalue weighted by Gasteiger charge is 2.16. The van der Waals surface area contributed by atoms with Crippen LogP contribution in [0.2, 0.25) is 0 Å². The molecule has 0 aromatic carbocycles. The molecule has 0 spiro atoms. The third-order valence-electron chi connectivity index (χ3n) is 2.03. The van der Waals surface area contributed by atoms with Crippen molar-refractivity contribution in [3.8, 4) is 0 Å². The molecule has 5 heteroatoms. The minimum absolute atomic E-state index is 0. The lowest BCUT2D eigenvalue weighted by Gasteiger charge is -2.13. The lowest BCUT2D eigenvalue weighted by molar-refractivity contribution is 0.757. The first-order chi connectivity index (χ1) is 5.79. The Kier molecular flexibility index (Phi) is 3.06. The minimum Gasteiger partial charge on any atom is -0.362 e. The third-order valence-corrected chi connectivity index (χ3v) is 2.03. The van der Waals surface area contributed by atoms with Crippen molar-refractivity contribution >= 4 is 18.2 Å². The molecule has 0 atom stereocenters. The van der Waals surface area contributed by atoms with E-state index in [0.717, 1.165) is 24.6 Å². The number of fused-ring (bicyclic) bond motifs is 1. The molecule has 0 saturated heterocycles. The van der Waals surface area contributed by atoms with Crippen LogP contribution in [0.15, 0.2) is 6.33 Å². The zero-order chi connectivity index (χ0) is 8.55. The largest absolute Gasteiger partial charge is 0.362 e. The van der Waals surface area contributed by atoms with Crippen molar-refractivity contribution in [2.24, 2.45) is 0 Å². The van der Waals surface area contributed by atoms with E-state index in [1.54, 1.807) is 6.33 Å². The van der Waals surface area contributed by atoms with Crippen molar-refractivity contribution in [1.29, 1.82) is 0 Å². The maximum Gasteiger partial charge on any atom is 0.136 e. The van der Waals surface area contributed by atoms with Gasteiger partial charge in [0.05, 0.1) is 5.69 Å². The highest BCUT2D eigenvalue weighted by molar-refractivity contribution is 5.85. The van der Waals surface area contributed by atoms with Crippen molar-refractivity contribution in [1.82, 2.24) is 15.3 Å². The maximum absolute atomic E-state index is 4.22. The number of halogens is 1. The fourth-order valence-electron chi connectivity index (χ4n) is 1.46. The second kappa shape index (κ2) is 3.89. The summed E-state index contributed by atoms with van der Waals surface area (Å²) in [5, 5.41) is 3.25. The topological polar surface area (TPSA) is 41.1 Å². The average molecular weight is 201 g/mol. The molecule has 13 heavy (non-hydrogen) atoms. The summed E-state index contributed by atoms with van der Waals surface area (Å²) >= 11 is 0. The first-order valence-corrected chi connectivity index (χ1v) is 4.00. The molecular weight excluding hydrogens is 188 g/mol. The van der Waals surface area contributed by atoms with E-state index in [9.17, 15) is 0 Å². The monoisotopic (exact) mass is 200 g/mol. The summed E-state index contributed by atoms with van der Waals surface area (Å²) in [5.41, 5.74) is 2.37. The van der Waals surface area contributed by atoms with Gasteiger partial charge in [0.2, 0.25) is 0 Å². The van der Waals surface area contributed by atoms with Crippen LogP contribution in [-0.4, -0.2) is 24.1 Å². The van der Waals surface area contributed by atoms with Gasteiger partial charge in [0.15, 0.2) is 0 Å². The van der Waals surface area contributed by atoms with Gasteiger partial charge < -0.3 is 10.2 Å². The number of hydrogen-bond donors (Lipinski definition) is 1. The van der Waals surface area contributed by atoms with Crippen LogP contribution in [0.5, 0.6) is 0 Å². The Bertz CT molecular complexity index is 300. The average Bonchev–Trinajstić information content (AvgIpc) is 2.49. The highest BCUT2D eigenvalue weighted by Crippen LogP contribution is 2.21. The molecule has 2 rings (SSSR count). The second-order valence-electron chi connectivity index (χ2n) is 3.12. The fourth-order valence-corrected chi connectivity index (χ4v) is 1.46. The Morgan fingerprint density at radius 1 is 1.31 bits per heavy atom.